The van der Waals surface area contributed by atoms with Crippen molar-refractivity contribution in [2.24, 2.45) is 0 Å². The average Bonchev–Trinajstić information content (AvgIpc) is 3.76. The molecule has 0 bridgehead atoms. The van der Waals surface area contributed by atoms with Gasteiger partial charge in [0.2, 0.25) is 0 Å². The molecular formula is C32H33N3O4. The number of methoxy groups -OCH3 is 2. The molecule has 4 aromatic rings. The second-order valence-electron chi connectivity index (χ2n) is 10.4. The molecule has 7 heteroatoms. The van der Waals surface area contributed by atoms with Crippen LogP contribution in [0.25, 0.3) is 10.9 Å². The van der Waals surface area contributed by atoms with E-state index in [2.05, 4.69) is 46.5 Å². The van der Waals surface area contributed by atoms with Crippen molar-refractivity contribution in [3.8, 4) is 17.2 Å². The molecule has 1 aliphatic heterocycles. The summed E-state index contributed by atoms with van der Waals surface area (Å²) < 4.78 is 17.4. The van der Waals surface area contributed by atoms with Crippen molar-refractivity contribution in [2.75, 3.05) is 34.4 Å². The molecule has 0 saturated heterocycles. The minimum absolute atomic E-state index is 0.152. The summed E-state index contributed by atoms with van der Waals surface area (Å²) in [4.78, 5) is 20.6. The molecule has 1 aromatic heterocycles. The molecular weight excluding hydrogens is 490 g/mol. The van der Waals surface area contributed by atoms with E-state index in [0.717, 1.165) is 48.0 Å². The van der Waals surface area contributed by atoms with Crippen LogP contribution in [0.15, 0.2) is 72.9 Å². The number of benzene rings is 3. The van der Waals surface area contributed by atoms with E-state index in [1.54, 1.807) is 32.5 Å². The van der Waals surface area contributed by atoms with Gasteiger partial charge in [-0.25, -0.2) is 0 Å². The molecule has 7 nitrogen and oxygen atoms in total. The van der Waals surface area contributed by atoms with Crippen LogP contribution in [0.3, 0.4) is 0 Å². The Kier molecular flexibility index (Phi) is 6.61. The quantitative estimate of drug-likeness (QED) is 0.339. The van der Waals surface area contributed by atoms with Crippen molar-refractivity contribution in [1.29, 1.82) is 0 Å². The Labute approximate surface area is 228 Å². The third-order valence-electron chi connectivity index (χ3n) is 8.05. The van der Waals surface area contributed by atoms with E-state index in [-0.39, 0.29) is 11.9 Å². The monoisotopic (exact) mass is 523 g/mol. The maximum Gasteiger partial charge on any atom is 0.255 e. The number of carbonyl (C=O) groups excluding carboxylic acids is 1. The number of fused-ring (bicyclic) bond motifs is 2. The Balaban J connectivity index is 1.25. The number of rotatable bonds is 8. The SMILES string of the molecule is COc1cc(C2(NC(=O)c3cc(OCC4c5ccccc5CCN4C)ccc3OC)CC2)c2cccnc2c1. The number of carbonyl (C=O) groups is 1. The lowest BCUT2D eigenvalue weighted by Crippen LogP contribution is -2.36. The number of amides is 1. The van der Waals surface area contributed by atoms with Gasteiger partial charge in [0.15, 0.2) is 0 Å². The minimum Gasteiger partial charge on any atom is -0.497 e. The van der Waals surface area contributed by atoms with Gasteiger partial charge in [-0.3, -0.25) is 14.7 Å². The largest absolute Gasteiger partial charge is 0.497 e. The summed E-state index contributed by atoms with van der Waals surface area (Å²) in [7, 11) is 5.35. The Bertz CT molecular complexity index is 1530. The first-order valence-corrected chi connectivity index (χ1v) is 13.4. The minimum atomic E-state index is -0.483. The highest BCUT2D eigenvalue weighted by Crippen LogP contribution is 2.49. The van der Waals surface area contributed by atoms with Gasteiger partial charge in [0.05, 0.1) is 36.9 Å². The van der Waals surface area contributed by atoms with Crippen LogP contribution in [0, 0.1) is 0 Å². The van der Waals surface area contributed by atoms with Crippen LogP contribution >= 0.6 is 0 Å². The van der Waals surface area contributed by atoms with Crippen molar-refractivity contribution >= 4 is 16.8 Å². The van der Waals surface area contributed by atoms with Gasteiger partial charge in [0, 0.05) is 24.2 Å². The van der Waals surface area contributed by atoms with Crippen molar-refractivity contribution in [3.05, 3.63) is 95.2 Å². The predicted octanol–water partition coefficient (Wildman–Crippen LogP) is 5.28. The predicted molar refractivity (Wildman–Crippen MR) is 151 cm³/mol. The first-order chi connectivity index (χ1) is 19.0. The van der Waals surface area contributed by atoms with E-state index in [1.165, 1.54) is 11.1 Å². The molecule has 2 heterocycles. The molecule has 1 amide bonds. The van der Waals surface area contributed by atoms with Gasteiger partial charge in [-0.1, -0.05) is 30.3 Å². The number of hydrogen-bond donors (Lipinski definition) is 1. The molecule has 1 unspecified atom stereocenters. The molecule has 39 heavy (non-hydrogen) atoms. The summed E-state index contributed by atoms with van der Waals surface area (Å²) >= 11 is 0. The number of nitrogens with zero attached hydrogens (tertiary/aromatic N) is 2. The fourth-order valence-corrected chi connectivity index (χ4v) is 5.67. The van der Waals surface area contributed by atoms with E-state index < -0.39 is 5.54 Å². The topological polar surface area (TPSA) is 72.9 Å². The molecule has 2 aliphatic rings. The van der Waals surface area contributed by atoms with Gasteiger partial charge in [-0.2, -0.15) is 0 Å². The third kappa shape index (κ3) is 4.79. The molecule has 1 saturated carbocycles. The highest BCUT2D eigenvalue weighted by Gasteiger charge is 2.47. The Hall–Kier alpha value is -4.10. The first kappa shape index (κ1) is 25.2. The zero-order valence-corrected chi connectivity index (χ0v) is 22.6. The standard InChI is InChI=1S/C32H33N3O4/c1-35-16-12-21-7-4-5-8-24(21)29(35)20-39-22-10-11-30(38-3)26(17-22)31(36)34-32(13-14-32)27-18-23(37-2)19-28-25(27)9-6-15-33-28/h4-11,15,17-19,29H,12-14,16,20H2,1-3H3,(H,34,36). The van der Waals surface area contributed by atoms with E-state index in [4.69, 9.17) is 14.2 Å². The fraction of sp³-hybridized carbons (Fsp3) is 0.312. The van der Waals surface area contributed by atoms with Crippen LogP contribution in [0.1, 0.15) is 45.9 Å². The van der Waals surface area contributed by atoms with E-state index in [1.807, 2.05) is 30.3 Å². The van der Waals surface area contributed by atoms with Crippen molar-refractivity contribution in [1.82, 2.24) is 15.2 Å². The zero-order valence-electron chi connectivity index (χ0n) is 22.6. The molecule has 1 atom stereocenters. The van der Waals surface area contributed by atoms with E-state index >= 15 is 0 Å². The van der Waals surface area contributed by atoms with Crippen LogP contribution in [0.2, 0.25) is 0 Å². The van der Waals surface area contributed by atoms with Gasteiger partial charge in [-0.15, -0.1) is 0 Å². The number of likely N-dealkylation sites (N-methyl/N-ethyl adjacent to an activating group) is 1. The number of ether oxygens (including phenoxy) is 3. The van der Waals surface area contributed by atoms with Crippen molar-refractivity contribution in [2.45, 2.75) is 30.8 Å². The summed E-state index contributed by atoms with van der Waals surface area (Å²) in [6, 6.07) is 22.0. The lowest BCUT2D eigenvalue weighted by atomic mass is 9.93. The molecule has 1 N–H and O–H groups in total. The fourth-order valence-electron chi connectivity index (χ4n) is 5.67. The molecule has 1 aliphatic carbocycles. The molecule has 6 rings (SSSR count). The smallest absolute Gasteiger partial charge is 0.255 e. The number of pyridine rings is 1. The Morgan fingerprint density at radius 1 is 1.03 bits per heavy atom. The Morgan fingerprint density at radius 3 is 2.67 bits per heavy atom. The average molecular weight is 524 g/mol. The van der Waals surface area contributed by atoms with Gasteiger partial charge in [-0.05, 0) is 73.3 Å². The first-order valence-electron chi connectivity index (χ1n) is 13.4. The van der Waals surface area contributed by atoms with E-state index in [0.29, 0.717) is 23.7 Å². The maximum atomic E-state index is 13.7. The number of hydrogen-bond acceptors (Lipinski definition) is 6. The highest BCUT2D eigenvalue weighted by atomic mass is 16.5. The Morgan fingerprint density at radius 2 is 1.87 bits per heavy atom. The zero-order chi connectivity index (χ0) is 27.0. The highest BCUT2D eigenvalue weighted by molar-refractivity contribution is 5.98. The summed E-state index contributed by atoms with van der Waals surface area (Å²) in [5, 5.41) is 4.32. The maximum absolute atomic E-state index is 13.7. The summed E-state index contributed by atoms with van der Waals surface area (Å²) in [5.74, 6) is 1.67. The lowest BCUT2D eigenvalue weighted by molar-refractivity contribution is 0.0927. The second-order valence-corrected chi connectivity index (χ2v) is 10.4. The van der Waals surface area contributed by atoms with Gasteiger partial charge in [0.25, 0.3) is 5.91 Å². The van der Waals surface area contributed by atoms with Crippen LogP contribution in [0.5, 0.6) is 17.2 Å². The normalized spacial score (nSPS) is 17.8. The van der Waals surface area contributed by atoms with Crippen LogP contribution in [-0.4, -0.2) is 50.2 Å². The van der Waals surface area contributed by atoms with Gasteiger partial charge in [0.1, 0.15) is 23.9 Å². The molecule has 0 radical (unpaired) electrons. The summed E-state index contributed by atoms with van der Waals surface area (Å²) in [6.07, 6.45) is 4.48. The van der Waals surface area contributed by atoms with Gasteiger partial charge < -0.3 is 19.5 Å². The van der Waals surface area contributed by atoms with Crippen molar-refractivity contribution < 1.29 is 19.0 Å². The van der Waals surface area contributed by atoms with Crippen LogP contribution < -0.4 is 19.5 Å². The third-order valence-corrected chi connectivity index (χ3v) is 8.05. The van der Waals surface area contributed by atoms with Crippen molar-refractivity contribution in [3.63, 3.8) is 0 Å². The van der Waals surface area contributed by atoms with Gasteiger partial charge >= 0.3 is 0 Å². The summed E-state index contributed by atoms with van der Waals surface area (Å²) in [6.45, 7) is 1.48. The summed E-state index contributed by atoms with van der Waals surface area (Å²) in [5.41, 5.74) is 4.49. The molecule has 1 fully saturated rings. The molecule has 200 valence electrons. The number of nitrogens with one attached hydrogen (secondary N) is 1. The van der Waals surface area contributed by atoms with E-state index in [9.17, 15) is 4.79 Å². The number of aromatic nitrogens is 1. The second kappa shape index (κ2) is 10.2. The van der Waals surface area contributed by atoms with Crippen LogP contribution in [-0.2, 0) is 12.0 Å². The van der Waals surface area contributed by atoms with Crippen LogP contribution in [0.4, 0.5) is 0 Å². The molecule has 3 aromatic carbocycles. The molecule has 0 spiro atoms. The lowest BCUT2D eigenvalue weighted by Gasteiger charge is -2.34.